The fourth-order valence-electron chi connectivity index (χ4n) is 2.88. The van der Waals surface area contributed by atoms with E-state index >= 15 is 0 Å². The Hall–Kier alpha value is -1.42. The van der Waals surface area contributed by atoms with Crippen molar-refractivity contribution in [2.75, 3.05) is 11.9 Å². The molecule has 172 valence electrons. The standard InChI is InChI=1S/C22H37NO7/c1-12(2)13(3)23-15-9-14(11-28-22(4,5)6)7-8-16(15)29-21-20(27)19(26)18(25)17(10-24)30-21/h7-9,12-13,17-21,23-27H,10-11H2,1-6H3. The predicted molar refractivity (Wildman–Crippen MR) is 113 cm³/mol. The van der Waals surface area contributed by atoms with Gasteiger partial charge in [-0.05, 0) is 51.3 Å². The third kappa shape index (κ3) is 6.54. The van der Waals surface area contributed by atoms with Crippen LogP contribution in [-0.2, 0) is 16.1 Å². The molecule has 30 heavy (non-hydrogen) atoms. The van der Waals surface area contributed by atoms with Crippen molar-refractivity contribution in [2.24, 2.45) is 5.92 Å². The zero-order chi connectivity index (χ0) is 22.6. The van der Waals surface area contributed by atoms with Crippen LogP contribution in [0.25, 0.3) is 0 Å². The average Bonchev–Trinajstić information content (AvgIpc) is 2.67. The number of aliphatic hydroxyl groups is 4. The lowest BCUT2D eigenvalue weighted by Gasteiger charge is -2.39. The van der Waals surface area contributed by atoms with Gasteiger partial charge in [0.2, 0.25) is 6.29 Å². The highest BCUT2D eigenvalue weighted by Gasteiger charge is 2.44. The molecule has 6 atom stereocenters. The van der Waals surface area contributed by atoms with Gasteiger partial charge < -0.3 is 40.0 Å². The molecule has 8 nitrogen and oxygen atoms in total. The number of aliphatic hydroxyl groups excluding tert-OH is 4. The zero-order valence-electron chi connectivity index (χ0n) is 18.7. The number of benzene rings is 1. The molecule has 2 rings (SSSR count). The highest BCUT2D eigenvalue weighted by molar-refractivity contribution is 5.58. The Morgan fingerprint density at radius 2 is 1.73 bits per heavy atom. The second-order valence-corrected chi connectivity index (χ2v) is 9.22. The molecule has 0 amide bonds. The average molecular weight is 428 g/mol. The molecule has 6 unspecified atom stereocenters. The maximum Gasteiger partial charge on any atom is 0.229 e. The topological polar surface area (TPSA) is 121 Å². The molecule has 1 heterocycles. The normalized spacial score (nSPS) is 28.4. The maximum atomic E-state index is 10.3. The Morgan fingerprint density at radius 1 is 1.07 bits per heavy atom. The van der Waals surface area contributed by atoms with E-state index in [0.717, 1.165) is 5.56 Å². The smallest absolute Gasteiger partial charge is 0.229 e. The van der Waals surface area contributed by atoms with E-state index in [4.69, 9.17) is 14.2 Å². The number of hydrogen-bond acceptors (Lipinski definition) is 8. The van der Waals surface area contributed by atoms with Gasteiger partial charge in [0, 0.05) is 6.04 Å². The molecule has 1 aromatic carbocycles. The molecule has 0 bridgehead atoms. The molecular formula is C22H37NO7. The van der Waals surface area contributed by atoms with Crippen LogP contribution in [0.1, 0.15) is 47.1 Å². The Labute approximate surface area is 178 Å². The number of nitrogens with one attached hydrogen (secondary N) is 1. The fraction of sp³-hybridized carbons (Fsp3) is 0.727. The van der Waals surface area contributed by atoms with Crippen LogP contribution in [0.2, 0.25) is 0 Å². The second-order valence-electron chi connectivity index (χ2n) is 9.22. The molecule has 0 saturated carbocycles. The maximum absolute atomic E-state index is 10.3. The third-order valence-electron chi connectivity index (χ3n) is 5.19. The number of rotatable bonds is 8. The molecule has 8 heteroatoms. The Balaban J connectivity index is 2.26. The molecule has 5 N–H and O–H groups in total. The van der Waals surface area contributed by atoms with Gasteiger partial charge in [0.1, 0.15) is 30.2 Å². The Morgan fingerprint density at radius 3 is 2.30 bits per heavy atom. The van der Waals surface area contributed by atoms with Gasteiger partial charge in [-0.15, -0.1) is 0 Å². The van der Waals surface area contributed by atoms with Crippen molar-refractivity contribution >= 4 is 5.69 Å². The molecule has 1 aliphatic rings. The van der Waals surface area contributed by atoms with Crippen LogP contribution in [-0.4, -0.2) is 69.4 Å². The van der Waals surface area contributed by atoms with Gasteiger partial charge in [0.05, 0.1) is 24.5 Å². The molecule has 0 aromatic heterocycles. The van der Waals surface area contributed by atoms with Crippen molar-refractivity contribution in [2.45, 2.75) is 90.5 Å². The summed E-state index contributed by atoms with van der Waals surface area (Å²) in [5.41, 5.74) is 1.37. The summed E-state index contributed by atoms with van der Waals surface area (Å²) in [6.45, 7) is 12.1. The third-order valence-corrected chi connectivity index (χ3v) is 5.19. The van der Waals surface area contributed by atoms with E-state index in [1.165, 1.54) is 0 Å². The monoisotopic (exact) mass is 427 g/mol. The molecule has 0 radical (unpaired) electrons. The first-order chi connectivity index (χ1) is 13.9. The van der Waals surface area contributed by atoms with E-state index in [1.807, 2.05) is 32.9 Å². The van der Waals surface area contributed by atoms with Gasteiger partial charge in [0.25, 0.3) is 0 Å². The predicted octanol–water partition coefficient (Wildman–Crippen LogP) is 1.64. The quantitative estimate of drug-likeness (QED) is 0.425. The molecular weight excluding hydrogens is 390 g/mol. The van der Waals surface area contributed by atoms with Gasteiger partial charge in [0.15, 0.2) is 0 Å². The van der Waals surface area contributed by atoms with Gasteiger partial charge in [-0.1, -0.05) is 19.9 Å². The highest BCUT2D eigenvalue weighted by atomic mass is 16.7. The second kappa shape index (κ2) is 10.3. The Kier molecular flexibility index (Phi) is 8.50. The summed E-state index contributed by atoms with van der Waals surface area (Å²) in [5.74, 6) is 0.783. The van der Waals surface area contributed by atoms with Gasteiger partial charge in [-0.2, -0.15) is 0 Å². The van der Waals surface area contributed by atoms with E-state index in [0.29, 0.717) is 24.0 Å². The largest absolute Gasteiger partial charge is 0.460 e. The van der Waals surface area contributed by atoms with Crippen LogP contribution >= 0.6 is 0 Å². The van der Waals surface area contributed by atoms with Crippen molar-refractivity contribution in [3.63, 3.8) is 0 Å². The van der Waals surface area contributed by atoms with Crippen LogP contribution < -0.4 is 10.1 Å². The molecule has 0 aliphatic carbocycles. The first-order valence-corrected chi connectivity index (χ1v) is 10.4. The van der Waals surface area contributed by atoms with E-state index in [-0.39, 0.29) is 11.6 Å². The molecule has 1 aliphatic heterocycles. The summed E-state index contributed by atoms with van der Waals surface area (Å²) in [6, 6.07) is 5.67. The minimum atomic E-state index is -1.49. The van der Waals surface area contributed by atoms with Crippen LogP contribution in [0.3, 0.4) is 0 Å². The van der Waals surface area contributed by atoms with Crippen molar-refractivity contribution in [1.82, 2.24) is 0 Å². The van der Waals surface area contributed by atoms with Crippen LogP contribution in [0, 0.1) is 5.92 Å². The number of ether oxygens (including phenoxy) is 3. The highest BCUT2D eigenvalue weighted by Crippen LogP contribution is 2.32. The first-order valence-electron chi connectivity index (χ1n) is 10.4. The minimum Gasteiger partial charge on any atom is -0.460 e. The van der Waals surface area contributed by atoms with E-state index in [1.54, 1.807) is 6.07 Å². The van der Waals surface area contributed by atoms with E-state index < -0.39 is 37.3 Å². The molecule has 1 fully saturated rings. The van der Waals surface area contributed by atoms with E-state index in [9.17, 15) is 20.4 Å². The lowest BCUT2D eigenvalue weighted by atomic mass is 9.99. The van der Waals surface area contributed by atoms with E-state index in [2.05, 4.69) is 26.1 Å². The molecule has 0 spiro atoms. The lowest BCUT2D eigenvalue weighted by molar-refractivity contribution is -0.277. The van der Waals surface area contributed by atoms with Crippen LogP contribution in [0.15, 0.2) is 18.2 Å². The summed E-state index contributed by atoms with van der Waals surface area (Å²) in [7, 11) is 0. The van der Waals surface area contributed by atoms with Crippen LogP contribution in [0.4, 0.5) is 5.69 Å². The van der Waals surface area contributed by atoms with Gasteiger partial charge >= 0.3 is 0 Å². The fourth-order valence-corrected chi connectivity index (χ4v) is 2.88. The van der Waals surface area contributed by atoms with Crippen molar-refractivity contribution in [3.05, 3.63) is 23.8 Å². The number of anilines is 1. The van der Waals surface area contributed by atoms with Gasteiger partial charge in [-0.25, -0.2) is 0 Å². The van der Waals surface area contributed by atoms with Crippen molar-refractivity contribution < 1.29 is 34.6 Å². The SMILES string of the molecule is CC(C)C(C)Nc1cc(COC(C)(C)C)ccc1OC1OC(CO)C(O)C(O)C1O. The Bertz CT molecular complexity index is 674. The van der Waals surface area contributed by atoms with Crippen molar-refractivity contribution in [3.8, 4) is 5.75 Å². The van der Waals surface area contributed by atoms with Crippen LogP contribution in [0.5, 0.6) is 5.75 Å². The number of hydrogen-bond donors (Lipinski definition) is 5. The van der Waals surface area contributed by atoms with Gasteiger partial charge in [-0.3, -0.25) is 0 Å². The molecule has 1 saturated heterocycles. The zero-order valence-corrected chi connectivity index (χ0v) is 18.7. The summed E-state index contributed by atoms with van der Waals surface area (Å²) >= 11 is 0. The first kappa shape index (κ1) is 24.8. The summed E-state index contributed by atoms with van der Waals surface area (Å²) in [4.78, 5) is 0. The summed E-state index contributed by atoms with van der Waals surface area (Å²) in [6.07, 6.45) is -6.67. The van der Waals surface area contributed by atoms with Crippen molar-refractivity contribution in [1.29, 1.82) is 0 Å². The lowest BCUT2D eigenvalue weighted by Crippen LogP contribution is -2.60. The summed E-state index contributed by atoms with van der Waals surface area (Å²) < 4.78 is 17.2. The minimum absolute atomic E-state index is 0.140. The molecule has 1 aromatic rings. The summed E-state index contributed by atoms with van der Waals surface area (Å²) in [5, 5.41) is 43.1.